The number of nitrogens with zero attached hydrogens (tertiary/aromatic N) is 1. The molecule has 0 radical (unpaired) electrons. The van der Waals surface area contributed by atoms with Crippen molar-refractivity contribution in [1.82, 2.24) is 4.90 Å². The molecule has 14 heavy (non-hydrogen) atoms. The van der Waals surface area contributed by atoms with Crippen molar-refractivity contribution in [3.63, 3.8) is 0 Å². The van der Waals surface area contributed by atoms with Gasteiger partial charge in [0.25, 0.3) is 0 Å². The van der Waals surface area contributed by atoms with Gasteiger partial charge in [-0.25, -0.2) is 4.79 Å². The highest BCUT2D eigenvalue weighted by atomic mass is 35.5. The molecule has 1 fully saturated rings. The number of carboxylic acid groups (broad SMARTS) is 1. The normalized spacial score (nSPS) is 23.6. The molecule has 1 amide bonds. The predicted molar refractivity (Wildman–Crippen MR) is 52.2 cm³/mol. The van der Waals surface area contributed by atoms with E-state index in [0.717, 1.165) is 0 Å². The summed E-state index contributed by atoms with van der Waals surface area (Å²) in [6, 6.07) is -0.816. The van der Waals surface area contributed by atoms with Crippen LogP contribution in [0, 0.1) is 0 Å². The first-order valence-electron chi connectivity index (χ1n) is 4.33. The van der Waals surface area contributed by atoms with Gasteiger partial charge in [0.15, 0.2) is 0 Å². The van der Waals surface area contributed by atoms with Gasteiger partial charge in [-0.2, -0.15) is 0 Å². The Hall–Kier alpha value is -1.03. The number of carboxylic acids is 1. The maximum absolute atomic E-state index is 11.3. The first-order chi connectivity index (χ1) is 6.56. The summed E-state index contributed by atoms with van der Waals surface area (Å²) < 4.78 is 0. The van der Waals surface area contributed by atoms with Crippen LogP contribution in [0.4, 0.5) is 0 Å². The molecule has 5 heteroatoms. The zero-order chi connectivity index (χ0) is 10.7. The lowest BCUT2D eigenvalue weighted by atomic mass is 10.2. The third-order valence-corrected chi connectivity index (χ3v) is 2.45. The lowest BCUT2D eigenvalue weighted by Gasteiger charge is -2.22. The van der Waals surface area contributed by atoms with E-state index >= 15 is 0 Å². The second-order valence-corrected chi connectivity index (χ2v) is 3.84. The van der Waals surface area contributed by atoms with Gasteiger partial charge in [0.2, 0.25) is 5.91 Å². The van der Waals surface area contributed by atoms with E-state index < -0.39 is 12.0 Å². The third-order valence-electron chi connectivity index (χ3n) is 2.16. The van der Waals surface area contributed by atoms with E-state index in [1.807, 2.05) is 0 Å². The molecule has 78 valence electrons. The second-order valence-electron chi connectivity index (χ2n) is 3.23. The molecule has 0 aromatic carbocycles. The average Bonchev–Trinajstić information content (AvgIpc) is 2.40. The number of aliphatic carboxylic acids is 1. The molecule has 1 aliphatic rings. The lowest BCUT2D eigenvalue weighted by molar-refractivity contribution is -0.148. The number of amides is 1. The van der Waals surface area contributed by atoms with Crippen LogP contribution in [0.3, 0.4) is 0 Å². The van der Waals surface area contributed by atoms with Crippen LogP contribution >= 0.6 is 11.6 Å². The van der Waals surface area contributed by atoms with Crippen molar-refractivity contribution in [3.05, 3.63) is 12.7 Å². The number of likely N-dealkylation sites (tertiary alicyclic amines) is 1. The first kappa shape index (κ1) is 11.0. The van der Waals surface area contributed by atoms with Crippen molar-refractivity contribution >= 4 is 23.5 Å². The molecule has 1 aliphatic heterocycles. The van der Waals surface area contributed by atoms with Crippen LogP contribution in [0.5, 0.6) is 0 Å². The van der Waals surface area contributed by atoms with Crippen LogP contribution in [-0.2, 0) is 9.59 Å². The molecule has 0 aromatic rings. The van der Waals surface area contributed by atoms with E-state index in [1.165, 1.54) is 11.0 Å². The highest BCUT2D eigenvalue weighted by Gasteiger charge is 2.36. The van der Waals surface area contributed by atoms with Crippen molar-refractivity contribution in [2.45, 2.75) is 24.3 Å². The number of rotatable bonds is 4. The number of carbonyl (C=O) groups is 2. The summed E-state index contributed by atoms with van der Waals surface area (Å²) in [6.45, 7) is 3.77. The molecule has 1 unspecified atom stereocenters. The Kier molecular flexibility index (Phi) is 3.52. The van der Waals surface area contributed by atoms with Gasteiger partial charge in [-0.15, -0.1) is 18.2 Å². The van der Waals surface area contributed by atoms with Crippen LogP contribution in [0.1, 0.15) is 12.8 Å². The quantitative estimate of drug-likeness (QED) is 0.561. The van der Waals surface area contributed by atoms with E-state index in [1.54, 1.807) is 0 Å². The molecule has 0 saturated carbocycles. The minimum Gasteiger partial charge on any atom is -0.480 e. The first-order valence-corrected chi connectivity index (χ1v) is 4.77. The van der Waals surface area contributed by atoms with Crippen molar-refractivity contribution < 1.29 is 14.7 Å². The molecule has 4 nitrogen and oxygen atoms in total. The molecule has 0 spiro atoms. The summed E-state index contributed by atoms with van der Waals surface area (Å²) in [5.74, 6) is -1.21. The smallest absolute Gasteiger partial charge is 0.326 e. The molecule has 1 N–H and O–H groups in total. The minimum absolute atomic E-state index is 0.195. The van der Waals surface area contributed by atoms with Gasteiger partial charge < -0.3 is 10.0 Å². The fourth-order valence-corrected chi connectivity index (χ4v) is 1.79. The predicted octanol–water partition coefficient (Wildman–Crippen LogP) is 0.855. The lowest BCUT2D eigenvalue weighted by Crippen LogP contribution is -2.42. The molecule has 0 bridgehead atoms. The van der Waals surface area contributed by atoms with Gasteiger partial charge >= 0.3 is 5.97 Å². The SMILES string of the molecule is C=CC[C@@H](C(=O)O)N1CC(Cl)CC1=O. The number of alkyl halides is 1. The third kappa shape index (κ3) is 2.26. The standard InChI is InChI=1S/C9H12ClNO3/c1-2-3-7(9(13)14)11-5-6(10)4-8(11)12/h2,6-7H,1,3-5H2,(H,13,14)/t6?,7-/m0/s1. The van der Waals surface area contributed by atoms with Crippen LogP contribution in [0.25, 0.3) is 0 Å². The van der Waals surface area contributed by atoms with Crippen LogP contribution in [-0.4, -0.2) is 39.8 Å². The molecule has 0 aromatic heterocycles. The zero-order valence-electron chi connectivity index (χ0n) is 7.65. The number of halogens is 1. The van der Waals surface area contributed by atoms with Crippen molar-refractivity contribution in [1.29, 1.82) is 0 Å². The maximum Gasteiger partial charge on any atom is 0.326 e. The second kappa shape index (κ2) is 4.46. The van der Waals surface area contributed by atoms with Crippen LogP contribution in [0.15, 0.2) is 12.7 Å². The van der Waals surface area contributed by atoms with Gasteiger partial charge in [-0.05, 0) is 6.42 Å². The molecule has 1 rings (SSSR count). The average molecular weight is 218 g/mol. The Morgan fingerprint density at radius 1 is 1.86 bits per heavy atom. The number of hydrogen-bond acceptors (Lipinski definition) is 2. The molecule has 0 aliphatic carbocycles. The van der Waals surface area contributed by atoms with E-state index in [-0.39, 0.29) is 24.1 Å². The fourth-order valence-electron chi connectivity index (χ4n) is 1.51. The van der Waals surface area contributed by atoms with Crippen molar-refractivity contribution in [3.8, 4) is 0 Å². The fraction of sp³-hybridized carbons (Fsp3) is 0.556. The zero-order valence-corrected chi connectivity index (χ0v) is 8.41. The Bertz CT molecular complexity index is 267. The van der Waals surface area contributed by atoms with Gasteiger partial charge in [0.1, 0.15) is 6.04 Å². The van der Waals surface area contributed by atoms with Gasteiger partial charge in [0.05, 0.1) is 5.38 Å². The molecule has 1 heterocycles. The van der Waals surface area contributed by atoms with E-state index in [2.05, 4.69) is 6.58 Å². The monoisotopic (exact) mass is 217 g/mol. The highest BCUT2D eigenvalue weighted by molar-refractivity contribution is 6.22. The van der Waals surface area contributed by atoms with Gasteiger partial charge in [-0.1, -0.05) is 6.08 Å². The van der Waals surface area contributed by atoms with Crippen LogP contribution < -0.4 is 0 Å². The van der Waals surface area contributed by atoms with Gasteiger partial charge in [-0.3, -0.25) is 4.79 Å². The maximum atomic E-state index is 11.3. The molecule has 2 atom stereocenters. The van der Waals surface area contributed by atoms with Gasteiger partial charge in [0, 0.05) is 13.0 Å². The summed E-state index contributed by atoms with van der Waals surface area (Å²) in [5.41, 5.74) is 0. The van der Waals surface area contributed by atoms with Crippen molar-refractivity contribution in [2.75, 3.05) is 6.54 Å². The molecule has 1 saturated heterocycles. The summed E-state index contributed by atoms with van der Waals surface area (Å²) in [5, 5.41) is 8.61. The van der Waals surface area contributed by atoms with Crippen molar-refractivity contribution in [2.24, 2.45) is 0 Å². The Morgan fingerprint density at radius 3 is 2.86 bits per heavy atom. The summed E-state index contributed by atoms with van der Waals surface area (Å²) in [4.78, 5) is 23.5. The van der Waals surface area contributed by atoms with E-state index in [9.17, 15) is 9.59 Å². The molecular weight excluding hydrogens is 206 g/mol. The Labute approximate surface area is 87.1 Å². The summed E-state index contributed by atoms with van der Waals surface area (Å²) >= 11 is 5.77. The van der Waals surface area contributed by atoms with E-state index in [0.29, 0.717) is 6.54 Å². The Morgan fingerprint density at radius 2 is 2.50 bits per heavy atom. The number of hydrogen-bond donors (Lipinski definition) is 1. The minimum atomic E-state index is -1.01. The topological polar surface area (TPSA) is 57.6 Å². The largest absolute Gasteiger partial charge is 0.480 e. The van der Waals surface area contributed by atoms with Crippen LogP contribution in [0.2, 0.25) is 0 Å². The molecular formula is C9H12ClNO3. The summed E-state index contributed by atoms with van der Waals surface area (Å²) in [6.07, 6.45) is 1.97. The Balaban J connectivity index is 2.73. The highest BCUT2D eigenvalue weighted by Crippen LogP contribution is 2.20. The van der Waals surface area contributed by atoms with E-state index in [4.69, 9.17) is 16.7 Å². The summed E-state index contributed by atoms with van der Waals surface area (Å²) in [7, 11) is 0. The number of carbonyl (C=O) groups excluding carboxylic acids is 1.